The number of methoxy groups -OCH3 is 2. The van der Waals surface area contributed by atoms with Gasteiger partial charge in [0, 0.05) is 41.4 Å². The number of ether oxygens (including phenoxy) is 10. The van der Waals surface area contributed by atoms with Gasteiger partial charge in [0.2, 0.25) is 12.6 Å². The van der Waals surface area contributed by atoms with E-state index in [9.17, 15) is 70.2 Å². The fourth-order valence-electron chi connectivity index (χ4n) is 9.29. The molecule has 4 heterocycles. The summed E-state index contributed by atoms with van der Waals surface area (Å²) >= 11 is 0. The molecule has 24 nitrogen and oxygen atoms in total. The summed E-state index contributed by atoms with van der Waals surface area (Å²) in [5, 5.41) is 103. The van der Waals surface area contributed by atoms with Crippen molar-refractivity contribution in [1.82, 2.24) is 0 Å². The first-order valence-corrected chi connectivity index (χ1v) is 22.1. The highest BCUT2D eigenvalue weighted by Gasteiger charge is 2.50. The maximum atomic E-state index is 13.6. The van der Waals surface area contributed by atoms with Crippen LogP contribution in [0.3, 0.4) is 0 Å². The average Bonchev–Trinajstić information content (AvgIpc) is 3.61. The lowest BCUT2D eigenvalue weighted by molar-refractivity contribution is -0.327. The first-order chi connectivity index (χ1) is 32.4. The predicted molar refractivity (Wildman–Crippen MR) is 223 cm³/mol. The Balaban J connectivity index is 1.24. The van der Waals surface area contributed by atoms with Crippen LogP contribution in [0.5, 0.6) is 0 Å². The molecule has 19 atom stereocenters. The number of esters is 4. The molecule has 0 aromatic carbocycles. The second kappa shape index (κ2) is 24.6. The third kappa shape index (κ3) is 12.1. The Kier molecular flexibility index (Phi) is 19.9. The molecule has 384 valence electrons. The van der Waals surface area contributed by atoms with E-state index < -0.39 is 173 Å². The van der Waals surface area contributed by atoms with Gasteiger partial charge in [-0.15, -0.1) is 0 Å². The SMILES string of the molecule is C/C=C1\[C@H](O[C@@H]2O[C@H](CO)[C@@H](O)[C@H](O)[C@H]2O)OC=C(C(=O)OC)[C@H]1CC(=O)OCC(CO)[C@H]1[C@H](COC(=O)C[C@@H]2C(C(=O)OC)=CO[C@@H](O[C@@H]3O[C@H](CO)[C@@H](O)[C@H](O)[C@H]3O)/C2=C\C)[C@@H](C)C[C@@H]1O. The minimum absolute atomic E-state index is 0.0933. The molecule has 1 saturated carbocycles. The van der Waals surface area contributed by atoms with Crippen LogP contribution in [0.1, 0.15) is 40.0 Å². The van der Waals surface area contributed by atoms with Gasteiger partial charge in [-0.1, -0.05) is 19.1 Å². The van der Waals surface area contributed by atoms with E-state index in [-0.39, 0.29) is 41.2 Å². The Hall–Kier alpha value is -4.12. The molecule has 24 heteroatoms. The molecule has 2 saturated heterocycles. The molecule has 0 amide bonds. The molecule has 0 spiro atoms. The Morgan fingerprint density at radius 2 is 1.12 bits per heavy atom. The number of rotatable bonds is 18. The van der Waals surface area contributed by atoms with Crippen LogP contribution in [-0.4, -0.2) is 202 Å². The van der Waals surface area contributed by atoms with Gasteiger partial charge in [-0.05, 0) is 32.1 Å². The molecule has 0 bridgehead atoms. The highest BCUT2D eigenvalue weighted by molar-refractivity contribution is 5.91. The summed E-state index contributed by atoms with van der Waals surface area (Å²) in [6, 6.07) is 0. The maximum absolute atomic E-state index is 13.6. The van der Waals surface area contributed by atoms with Gasteiger partial charge in [-0.3, -0.25) is 9.59 Å². The van der Waals surface area contributed by atoms with E-state index in [2.05, 4.69) is 0 Å². The third-order valence-electron chi connectivity index (χ3n) is 13.2. The molecule has 1 aliphatic carbocycles. The van der Waals surface area contributed by atoms with Gasteiger partial charge in [0.05, 0.1) is 83.3 Å². The molecule has 3 fully saturated rings. The highest BCUT2D eigenvalue weighted by atomic mass is 16.8. The highest BCUT2D eigenvalue weighted by Crippen LogP contribution is 2.43. The summed E-state index contributed by atoms with van der Waals surface area (Å²) in [6.07, 6.45) is -15.9. The monoisotopic (exact) mass is 976 g/mol. The van der Waals surface area contributed by atoms with E-state index in [1.165, 1.54) is 12.2 Å². The van der Waals surface area contributed by atoms with Crippen molar-refractivity contribution in [2.75, 3.05) is 47.3 Å². The van der Waals surface area contributed by atoms with Gasteiger partial charge in [0.25, 0.3) is 0 Å². The van der Waals surface area contributed by atoms with Crippen molar-refractivity contribution in [2.24, 2.45) is 35.5 Å². The van der Waals surface area contributed by atoms with Crippen LogP contribution in [0.15, 0.2) is 47.0 Å². The summed E-state index contributed by atoms with van der Waals surface area (Å²) < 4.78 is 54.9. The molecular weight excluding hydrogens is 912 g/mol. The van der Waals surface area contributed by atoms with E-state index in [1.54, 1.807) is 13.8 Å². The zero-order valence-electron chi connectivity index (χ0n) is 38.1. The van der Waals surface area contributed by atoms with E-state index in [0.29, 0.717) is 0 Å². The van der Waals surface area contributed by atoms with E-state index in [4.69, 9.17) is 47.4 Å². The van der Waals surface area contributed by atoms with Crippen molar-refractivity contribution < 1.29 is 118 Å². The molecule has 68 heavy (non-hydrogen) atoms. The van der Waals surface area contributed by atoms with Gasteiger partial charge in [0.15, 0.2) is 12.6 Å². The molecular formula is C44H64O24. The van der Waals surface area contributed by atoms with E-state index in [1.807, 2.05) is 6.92 Å². The molecule has 5 aliphatic rings. The molecule has 5 rings (SSSR count). The average molecular weight is 977 g/mol. The number of aliphatic hydroxyl groups is 10. The van der Waals surface area contributed by atoms with Gasteiger partial charge >= 0.3 is 23.9 Å². The summed E-state index contributed by atoms with van der Waals surface area (Å²) in [7, 11) is 2.23. The largest absolute Gasteiger partial charge is 0.468 e. The van der Waals surface area contributed by atoms with Gasteiger partial charge in [0.1, 0.15) is 48.8 Å². The van der Waals surface area contributed by atoms with E-state index in [0.717, 1.165) is 26.7 Å². The minimum atomic E-state index is -1.79. The Morgan fingerprint density at radius 3 is 1.51 bits per heavy atom. The second-order valence-electron chi connectivity index (χ2n) is 17.2. The summed E-state index contributed by atoms with van der Waals surface area (Å²) in [5.41, 5.74) is 0.167. The summed E-state index contributed by atoms with van der Waals surface area (Å²) in [5.74, 6) is -8.02. The van der Waals surface area contributed by atoms with Crippen LogP contribution < -0.4 is 0 Å². The smallest absolute Gasteiger partial charge is 0.337 e. The zero-order valence-corrected chi connectivity index (χ0v) is 38.1. The van der Waals surface area contributed by atoms with Crippen molar-refractivity contribution in [3.63, 3.8) is 0 Å². The fourth-order valence-corrected chi connectivity index (χ4v) is 9.29. The van der Waals surface area contributed by atoms with Crippen molar-refractivity contribution in [3.05, 3.63) is 47.0 Å². The van der Waals surface area contributed by atoms with Crippen LogP contribution in [0, 0.1) is 35.5 Å². The van der Waals surface area contributed by atoms with Crippen molar-refractivity contribution in [1.29, 1.82) is 0 Å². The topological polar surface area (TPSA) is 363 Å². The third-order valence-corrected chi connectivity index (χ3v) is 13.2. The molecule has 10 N–H and O–H groups in total. The Labute approximate surface area is 390 Å². The number of hydrogen-bond acceptors (Lipinski definition) is 24. The Bertz CT molecular complexity index is 1860. The van der Waals surface area contributed by atoms with E-state index >= 15 is 0 Å². The fraction of sp³-hybridized carbons (Fsp3) is 0.727. The van der Waals surface area contributed by atoms with Crippen LogP contribution in [0.4, 0.5) is 0 Å². The number of allylic oxidation sites excluding steroid dienone is 2. The number of aliphatic hydroxyl groups excluding tert-OH is 10. The summed E-state index contributed by atoms with van der Waals surface area (Å²) in [4.78, 5) is 52.9. The van der Waals surface area contributed by atoms with Gasteiger partial charge < -0.3 is 98.4 Å². The molecule has 4 aliphatic heterocycles. The Morgan fingerprint density at radius 1 is 0.676 bits per heavy atom. The van der Waals surface area contributed by atoms with Crippen LogP contribution in [0.25, 0.3) is 0 Å². The second-order valence-corrected chi connectivity index (χ2v) is 17.2. The van der Waals surface area contributed by atoms with Gasteiger partial charge in [-0.25, -0.2) is 9.59 Å². The number of carbonyl (C=O) groups excluding carboxylic acids is 4. The number of hydrogen-bond donors (Lipinski definition) is 10. The van der Waals surface area contributed by atoms with Crippen LogP contribution in [-0.2, 0) is 66.5 Å². The van der Waals surface area contributed by atoms with Crippen LogP contribution >= 0.6 is 0 Å². The first-order valence-electron chi connectivity index (χ1n) is 22.1. The first kappa shape index (κ1) is 54.8. The van der Waals surface area contributed by atoms with Crippen molar-refractivity contribution in [3.8, 4) is 0 Å². The van der Waals surface area contributed by atoms with Crippen molar-refractivity contribution in [2.45, 2.75) is 120 Å². The summed E-state index contributed by atoms with van der Waals surface area (Å²) in [6.45, 7) is 2.22. The molecule has 0 radical (unpaired) electrons. The van der Waals surface area contributed by atoms with Gasteiger partial charge in [-0.2, -0.15) is 0 Å². The normalized spacial score (nSPS) is 38.9. The zero-order chi connectivity index (χ0) is 50.1. The number of carbonyl (C=O) groups is 4. The molecule has 0 aromatic heterocycles. The molecule has 0 aromatic rings. The quantitative estimate of drug-likeness (QED) is 0.0365. The van der Waals surface area contributed by atoms with Crippen molar-refractivity contribution >= 4 is 23.9 Å². The lowest BCUT2D eigenvalue weighted by atomic mass is 9.81. The maximum Gasteiger partial charge on any atom is 0.337 e. The lowest BCUT2D eigenvalue weighted by Crippen LogP contribution is -2.60. The lowest BCUT2D eigenvalue weighted by Gasteiger charge is -2.42. The minimum Gasteiger partial charge on any atom is -0.468 e. The van der Waals surface area contributed by atoms with Crippen LogP contribution in [0.2, 0.25) is 0 Å². The predicted octanol–water partition coefficient (Wildman–Crippen LogP) is -3.32. The molecule has 1 unspecified atom stereocenters. The standard InChI is InChI=1S/C44H64O24/c1-6-20-22(25(39(57)59-4)16-63-41(20)67-43-37(55)35(53)33(51)28(12-46)65-43)9-30(49)61-14-19(11-45)32-24(18(3)8-27(32)48)15-62-31(50)10-23-21(7-2)42(64-17-26(23)40(58)60-5)68-44-38(56)36(54)34(52)29(13-47)66-44/h6-7,16-19,22-24,27-29,32-38,41-48,51-56H,8-15H2,1-5H3/b20-6-,21-7-/t18-,19?,22-,23-,24+,27-,28+,29+,32-,33+,34+,35-,36-,37+,38+,41-,42-,43-,44-/m0/s1.